The van der Waals surface area contributed by atoms with Crippen molar-refractivity contribution in [1.29, 1.82) is 0 Å². The number of nitrogens with zero attached hydrogens (tertiary/aromatic N) is 1. The van der Waals surface area contributed by atoms with Crippen LogP contribution in [0.2, 0.25) is 0 Å². The second-order valence-corrected chi connectivity index (χ2v) is 4.38. The molecule has 0 aromatic rings. The lowest BCUT2D eigenvalue weighted by molar-refractivity contribution is -0.129. The van der Waals surface area contributed by atoms with E-state index in [2.05, 4.69) is 13.8 Å². The summed E-state index contributed by atoms with van der Waals surface area (Å²) in [6, 6.07) is 0.278. The van der Waals surface area contributed by atoms with E-state index in [1.807, 2.05) is 41.4 Å². The molecular weight excluding hydrogens is 198 g/mol. The van der Waals surface area contributed by atoms with Crippen molar-refractivity contribution in [3.63, 3.8) is 0 Å². The Hall–Kier alpha value is -1.57. The molecule has 2 nitrogen and oxygen atoms in total. The first kappa shape index (κ1) is 10.9. The zero-order chi connectivity index (χ0) is 11.5. The summed E-state index contributed by atoms with van der Waals surface area (Å²) in [5.74, 6) is 0.160. The fraction of sp³-hybridized carbons (Fsp3) is 0.357. The van der Waals surface area contributed by atoms with Crippen molar-refractivity contribution < 1.29 is 4.79 Å². The van der Waals surface area contributed by atoms with Gasteiger partial charge in [0.15, 0.2) is 0 Å². The van der Waals surface area contributed by atoms with E-state index in [1.54, 1.807) is 0 Å². The molecule has 0 N–H and O–H groups in total. The molecule has 1 amide bonds. The van der Waals surface area contributed by atoms with Crippen LogP contribution in [0.25, 0.3) is 0 Å². The van der Waals surface area contributed by atoms with Crippen LogP contribution in [0.15, 0.2) is 47.6 Å². The Labute approximate surface area is 96.6 Å². The lowest BCUT2D eigenvalue weighted by Gasteiger charge is -2.33. The largest absolute Gasteiger partial charge is 0.336 e. The average molecular weight is 215 g/mol. The molecule has 0 aromatic carbocycles. The van der Waals surface area contributed by atoms with E-state index in [0.29, 0.717) is 0 Å². The summed E-state index contributed by atoms with van der Waals surface area (Å²) in [4.78, 5) is 14.2. The molecule has 2 rings (SSSR count). The predicted octanol–water partition coefficient (Wildman–Crippen LogP) is 2.61. The van der Waals surface area contributed by atoms with Crippen LogP contribution in [0.3, 0.4) is 0 Å². The predicted molar refractivity (Wildman–Crippen MR) is 65.9 cm³/mol. The van der Waals surface area contributed by atoms with Crippen molar-refractivity contribution in [2.45, 2.75) is 26.3 Å². The number of allylic oxidation sites excluding steroid dienone is 6. The van der Waals surface area contributed by atoms with E-state index in [4.69, 9.17) is 0 Å². The number of fused-ring (bicyclic) bond motifs is 1. The van der Waals surface area contributed by atoms with Gasteiger partial charge < -0.3 is 4.90 Å². The van der Waals surface area contributed by atoms with Crippen molar-refractivity contribution in [2.24, 2.45) is 0 Å². The molecule has 0 atom stereocenters. The third kappa shape index (κ3) is 2.01. The van der Waals surface area contributed by atoms with Crippen molar-refractivity contribution in [3.05, 3.63) is 47.6 Å². The van der Waals surface area contributed by atoms with Crippen LogP contribution in [-0.2, 0) is 4.79 Å². The molecule has 1 aliphatic heterocycles. The number of carbonyl (C=O) groups is 1. The number of amides is 1. The molecule has 2 heteroatoms. The number of likely N-dealkylation sites (tertiary alicyclic amines) is 1. The molecule has 0 bridgehead atoms. The Bertz CT molecular complexity index is 410. The number of hydrogen-bond donors (Lipinski definition) is 0. The molecule has 1 saturated heterocycles. The van der Waals surface area contributed by atoms with Crippen LogP contribution in [-0.4, -0.2) is 23.4 Å². The van der Waals surface area contributed by atoms with Gasteiger partial charge in [0.1, 0.15) is 0 Å². The van der Waals surface area contributed by atoms with Crippen LogP contribution in [0.4, 0.5) is 0 Å². The molecule has 2 aliphatic rings. The number of carbonyl (C=O) groups excluding carboxylic acids is 1. The fourth-order valence-corrected chi connectivity index (χ4v) is 2.07. The summed E-state index contributed by atoms with van der Waals surface area (Å²) in [5.41, 5.74) is 2.00. The topological polar surface area (TPSA) is 20.3 Å². The second-order valence-electron chi connectivity index (χ2n) is 4.38. The standard InChI is InChI=1S/C14H17NO/c1-11(2)15-10-9-12-7-5-3-4-6-8-13(12)14(15)16/h3-8,11H,9-10H2,1-2H3/b4-3?,5-3-,6-4-,7-5?,8-6?,12-7?,13-8?. The maximum Gasteiger partial charge on any atom is 0.254 e. The van der Waals surface area contributed by atoms with Crippen molar-refractivity contribution in [1.82, 2.24) is 4.90 Å². The summed E-state index contributed by atoms with van der Waals surface area (Å²) in [5, 5.41) is 0. The van der Waals surface area contributed by atoms with Crippen LogP contribution in [0.1, 0.15) is 20.3 Å². The van der Waals surface area contributed by atoms with Crippen LogP contribution >= 0.6 is 0 Å². The van der Waals surface area contributed by atoms with Gasteiger partial charge in [-0.05, 0) is 31.9 Å². The normalized spacial score (nSPS) is 24.2. The maximum absolute atomic E-state index is 12.2. The van der Waals surface area contributed by atoms with E-state index >= 15 is 0 Å². The summed E-state index contributed by atoms with van der Waals surface area (Å²) >= 11 is 0. The van der Waals surface area contributed by atoms with Gasteiger partial charge in [0.25, 0.3) is 5.91 Å². The number of piperidine rings is 1. The highest BCUT2D eigenvalue weighted by atomic mass is 16.2. The smallest absolute Gasteiger partial charge is 0.254 e. The van der Waals surface area contributed by atoms with Gasteiger partial charge in [-0.2, -0.15) is 0 Å². The van der Waals surface area contributed by atoms with Gasteiger partial charge in [0, 0.05) is 18.2 Å². The maximum atomic E-state index is 12.2. The lowest BCUT2D eigenvalue weighted by atomic mass is 9.94. The summed E-state index contributed by atoms with van der Waals surface area (Å²) in [6.07, 6.45) is 12.8. The van der Waals surface area contributed by atoms with Crippen LogP contribution in [0.5, 0.6) is 0 Å². The van der Waals surface area contributed by atoms with Gasteiger partial charge in [0.05, 0.1) is 0 Å². The Morgan fingerprint density at radius 1 is 1.12 bits per heavy atom. The lowest BCUT2D eigenvalue weighted by Crippen LogP contribution is -2.42. The molecular formula is C14H17NO. The van der Waals surface area contributed by atoms with Gasteiger partial charge in [-0.15, -0.1) is 0 Å². The molecule has 1 aliphatic carbocycles. The van der Waals surface area contributed by atoms with Gasteiger partial charge >= 0.3 is 0 Å². The van der Waals surface area contributed by atoms with E-state index in [-0.39, 0.29) is 11.9 Å². The Morgan fingerprint density at radius 2 is 1.81 bits per heavy atom. The van der Waals surface area contributed by atoms with Crippen LogP contribution in [0, 0.1) is 0 Å². The first-order valence-electron chi connectivity index (χ1n) is 5.75. The van der Waals surface area contributed by atoms with Gasteiger partial charge in [0.2, 0.25) is 0 Å². The highest BCUT2D eigenvalue weighted by molar-refractivity contribution is 5.99. The Balaban J connectivity index is 2.33. The molecule has 1 fully saturated rings. The first-order valence-corrected chi connectivity index (χ1v) is 5.75. The van der Waals surface area contributed by atoms with Crippen molar-refractivity contribution in [3.8, 4) is 0 Å². The average Bonchev–Trinajstić information content (AvgIpc) is 2.19. The third-order valence-electron chi connectivity index (χ3n) is 2.98. The second kappa shape index (κ2) is 4.52. The van der Waals surface area contributed by atoms with E-state index < -0.39 is 0 Å². The number of rotatable bonds is 1. The Kier molecular flexibility index (Phi) is 3.09. The highest BCUT2D eigenvalue weighted by Gasteiger charge is 2.27. The molecule has 1 heterocycles. The SMILES string of the molecule is CC(C)N1CCC2=C/C=C\C=C/C=C2C1=O. The summed E-state index contributed by atoms with van der Waals surface area (Å²) in [6.45, 7) is 4.95. The summed E-state index contributed by atoms with van der Waals surface area (Å²) < 4.78 is 0. The molecule has 0 spiro atoms. The van der Waals surface area contributed by atoms with Gasteiger partial charge in [-0.1, -0.05) is 30.4 Å². The quantitative estimate of drug-likeness (QED) is 0.658. The molecule has 0 radical (unpaired) electrons. The summed E-state index contributed by atoms with van der Waals surface area (Å²) in [7, 11) is 0. The zero-order valence-electron chi connectivity index (χ0n) is 9.81. The fourth-order valence-electron chi connectivity index (χ4n) is 2.07. The molecule has 0 aromatic heterocycles. The highest BCUT2D eigenvalue weighted by Crippen LogP contribution is 2.25. The first-order chi connectivity index (χ1) is 7.70. The van der Waals surface area contributed by atoms with Crippen molar-refractivity contribution >= 4 is 5.91 Å². The van der Waals surface area contributed by atoms with E-state index in [1.165, 1.54) is 0 Å². The Morgan fingerprint density at radius 3 is 2.50 bits per heavy atom. The minimum absolute atomic E-state index is 0.160. The van der Waals surface area contributed by atoms with Crippen LogP contribution < -0.4 is 0 Å². The minimum Gasteiger partial charge on any atom is -0.336 e. The monoisotopic (exact) mass is 215 g/mol. The van der Waals surface area contributed by atoms with E-state index in [0.717, 1.165) is 24.1 Å². The number of hydrogen-bond acceptors (Lipinski definition) is 1. The van der Waals surface area contributed by atoms with E-state index in [9.17, 15) is 4.79 Å². The van der Waals surface area contributed by atoms with Gasteiger partial charge in [-0.25, -0.2) is 0 Å². The molecule has 0 unspecified atom stereocenters. The van der Waals surface area contributed by atoms with Crippen molar-refractivity contribution in [2.75, 3.05) is 6.54 Å². The minimum atomic E-state index is 0.160. The van der Waals surface area contributed by atoms with Gasteiger partial charge in [-0.3, -0.25) is 4.79 Å². The molecule has 16 heavy (non-hydrogen) atoms. The molecule has 0 saturated carbocycles. The molecule has 84 valence electrons. The zero-order valence-corrected chi connectivity index (χ0v) is 9.81. The third-order valence-corrected chi connectivity index (χ3v) is 2.98.